The van der Waals surface area contributed by atoms with Crippen molar-refractivity contribution in [3.63, 3.8) is 0 Å². The number of aliphatic hydroxyl groups is 4. The second kappa shape index (κ2) is 15.3. The fourth-order valence-electron chi connectivity index (χ4n) is 2.93. The lowest BCUT2D eigenvalue weighted by atomic mass is 10.5. The van der Waals surface area contributed by atoms with Crippen LogP contribution in [0.4, 0.5) is 0 Å². The van der Waals surface area contributed by atoms with Crippen LogP contribution in [-0.4, -0.2) is 89.4 Å². The van der Waals surface area contributed by atoms with E-state index in [9.17, 15) is 0 Å². The highest BCUT2D eigenvalue weighted by Gasteiger charge is 2.26. The molecule has 0 heterocycles. The number of ether oxygens (including phenoxy) is 2. The van der Waals surface area contributed by atoms with Crippen LogP contribution in [0, 0.1) is 0 Å². The van der Waals surface area contributed by atoms with E-state index in [2.05, 4.69) is 13.1 Å². The third-order valence-corrected chi connectivity index (χ3v) is 13.7. The molecule has 0 bridgehead atoms. The summed E-state index contributed by atoms with van der Waals surface area (Å²) < 4.78 is 11.4. The van der Waals surface area contributed by atoms with Crippen molar-refractivity contribution in [3.05, 3.63) is 0 Å². The highest BCUT2D eigenvalue weighted by molar-refractivity contribution is 6.79. The number of rotatable bonds is 18. The fourth-order valence-corrected chi connectivity index (χ4v) is 7.87. The lowest BCUT2D eigenvalue weighted by Gasteiger charge is -2.26. The van der Waals surface area contributed by atoms with E-state index in [1.54, 1.807) is 0 Å². The predicted molar refractivity (Wildman–Crippen MR) is 107 cm³/mol. The van der Waals surface area contributed by atoms with Crippen LogP contribution in [0.1, 0.15) is 6.42 Å². The highest BCUT2D eigenvalue weighted by atomic mass is 28.3. The summed E-state index contributed by atoms with van der Waals surface area (Å²) in [6.45, 7) is 7.96. The summed E-state index contributed by atoms with van der Waals surface area (Å²) in [5.74, 6) is 0. The molecule has 0 aromatic rings. The Morgan fingerprint density at radius 1 is 0.520 bits per heavy atom. The first-order valence-electron chi connectivity index (χ1n) is 9.54. The van der Waals surface area contributed by atoms with Crippen LogP contribution in [-0.2, 0) is 9.47 Å². The van der Waals surface area contributed by atoms with Crippen molar-refractivity contribution in [3.8, 4) is 0 Å². The minimum absolute atomic E-state index is 0.200. The molecule has 0 fully saturated rings. The van der Waals surface area contributed by atoms with Gasteiger partial charge in [0, 0.05) is 52.9 Å². The van der Waals surface area contributed by atoms with Crippen LogP contribution in [0.25, 0.3) is 0 Å². The normalized spacial score (nSPS) is 12.7. The van der Waals surface area contributed by atoms with Crippen LogP contribution in [0.2, 0.25) is 49.4 Å². The summed E-state index contributed by atoms with van der Waals surface area (Å²) in [4.78, 5) is 0. The van der Waals surface area contributed by atoms with Gasteiger partial charge in [-0.25, -0.2) is 0 Å². The van der Waals surface area contributed by atoms with Crippen molar-refractivity contribution in [2.45, 2.75) is 55.8 Å². The third kappa shape index (κ3) is 13.1. The molecule has 0 saturated heterocycles. The average molecular weight is 397 g/mol. The van der Waals surface area contributed by atoms with E-state index in [0.29, 0.717) is 26.4 Å². The Balaban J connectivity index is 3.69. The van der Waals surface area contributed by atoms with Gasteiger partial charge in [0.05, 0.1) is 16.1 Å². The van der Waals surface area contributed by atoms with Gasteiger partial charge < -0.3 is 29.9 Å². The van der Waals surface area contributed by atoms with Crippen molar-refractivity contribution < 1.29 is 29.9 Å². The summed E-state index contributed by atoms with van der Waals surface area (Å²) in [6.07, 6.45) is 0.858. The minimum atomic E-state index is -1.56. The molecule has 0 atom stereocenters. The zero-order valence-electron chi connectivity index (χ0n) is 16.2. The Hall–Kier alpha value is 0.194. The zero-order valence-corrected chi connectivity index (χ0v) is 18.2. The van der Waals surface area contributed by atoms with Crippen molar-refractivity contribution in [2.75, 3.05) is 52.9 Å². The molecule has 6 nitrogen and oxygen atoms in total. The molecule has 0 amide bonds. The molecule has 0 saturated carbocycles. The van der Waals surface area contributed by atoms with E-state index in [4.69, 9.17) is 29.9 Å². The summed E-state index contributed by atoms with van der Waals surface area (Å²) in [5, 5.41) is 36.6. The van der Waals surface area contributed by atoms with Crippen LogP contribution < -0.4 is 0 Å². The Kier molecular flexibility index (Phi) is 15.4. The quantitative estimate of drug-likeness (QED) is 0.207. The maximum atomic E-state index is 9.15. The second-order valence-corrected chi connectivity index (χ2v) is 17.8. The molecule has 152 valence electrons. The molecule has 0 spiro atoms. The van der Waals surface area contributed by atoms with Crippen LogP contribution in [0.5, 0.6) is 0 Å². The maximum absolute atomic E-state index is 9.15. The van der Waals surface area contributed by atoms with Crippen molar-refractivity contribution in [1.29, 1.82) is 0 Å². The smallest absolute Gasteiger partial charge is 0.0572 e. The molecule has 0 aliphatic rings. The van der Waals surface area contributed by atoms with E-state index < -0.39 is 16.1 Å². The third-order valence-electron chi connectivity index (χ3n) is 5.14. The zero-order chi connectivity index (χ0) is 19.0. The number of aliphatic hydroxyl groups excluding tert-OH is 4. The second-order valence-electron chi connectivity index (χ2n) is 7.59. The van der Waals surface area contributed by atoms with Gasteiger partial charge in [-0.1, -0.05) is 13.1 Å². The first-order chi connectivity index (χ1) is 11.9. The largest absolute Gasteiger partial charge is 0.397 e. The maximum Gasteiger partial charge on any atom is 0.0572 e. The van der Waals surface area contributed by atoms with E-state index in [-0.39, 0.29) is 26.4 Å². The monoisotopic (exact) mass is 396 g/mol. The average Bonchev–Trinajstić information content (AvgIpc) is 2.54. The molecule has 4 N–H and O–H groups in total. The summed E-state index contributed by atoms with van der Waals surface area (Å²) in [7, 11) is -3.12. The number of hydrogen-bond acceptors (Lipinski definition) is 6. The summed E-state index contributed by atoms with van der Waals surface area (Å²) in [5.41, 5.74) is 0. The van der Waals surface area contributed by atoms with E-state index in [0.717, 1.165) is 42.7 Å². The van der Waals surface area contributed by atoms with Crippen LogP contribution in [0.15, 0.2) is 0 Å². The van der Waals surface area contributed by atoms with Gasteiger partial charge in [0.1, 0.15) is 0 Å². The molecule has 0 radical (unpaired) electrons. The molecule has 0 rings (SSSR count). The Morgan fingerprint density at radius 3 is 1.12 bits per heavy atom. The predicted octanol–water partition coefficient (Wildman–Crippen LogP) is 1.54. The Bertz CT molecular complexity index is 267. The number of hydrogen-bond donors (Lipinski definition) is 4. The van der Waals surface area contributed by atoms with Crippen molar-refractivity contribution >= 4 is 16.1 Å². The molecule has 25 heavy (non-hydrogen) atoms. The molecule has 0 aromatic heterocycles. The van der Waals surface area contributed by atoms with Gasteiger partial charge in [0.2, 0.25) is 0 Å². The van der Waals surface area contributed by atoms with Gasteiger partial charge in [-0.15, -0.1) is 0 Å². The van der Waals surface area contributed by atoms with E-state index >= 15 is 0 Å². The molecule has 0 unspecified atom stereocenters. The molecule has 8 heteroatoms. The minimum Gasteiger partial charge on any atom is -0.397 e. The molecule has 0 aliphatic heterocycles. The van der Waals surface area contributed by atoms with Gasteiger partial charge in [-0.3, -0.25) is 0 Å². The van der Waals surface area contributed by atoms with Gasteiger partial charge in [0.25, 0.3) is 0 Å². The van der Waals surface area contributed by atoms with Crippen molar-refractivity contribution in [1.82, 2.24) is 0 Å². The van der Waals surface area contributed by atoms with Gasteiger partial charge >= 0.3 is 0 Å². The topological polar surface area (TPSA) is 99.4 Å². The fraction of sp³-hybridized carbons (Fsp3) is 1.00. The lowest BCUT2D eigenvalue weighted by molar-refractivity contribution is 0.0929. The molecular weight excluding hydrogens is 356 g/mol. The first-order valence-corrected chi connectivity index (χ1v) is 15.8. The van der Waals surface area contributed by atoms with Gasteiger partial charge in [-0.05, 0) is 42.7 Å². The van der Waals surface area contributed by atoms with E-state index in [1.807, 2.05) is 0 Å². The van der Waals surface area contributed by atoms with Crippen LogP contribution in [0.3, 0.4) is 0 Å². The Morgan fingerprint density at radius 2 is 0.840 bits per heavy atom. The summed E-state index contributed by atoms with van der Waals surface area (Å²) >= 11 is 0. The SMILES string of the molecule is C[Si](CCO)(CCO)CCOCCCOCC[Si](C)(CCO)CCO. The van der Waals surface area contributed by atoms with E-state index in [1.165, 1.54) is 0 Å². The van der Waals surface area contributed by atoms with Gasteiger partial charge in [0.15, 0.2) is 0 Å². The molecular formula is C17H40O6Si2. The van der Waals surface area contributed by atoms with Gasteiger partial charge in [-0.2, -0.15) is 0 Å². The highest BCUT2D eigenvalue weighted by Crippen LogP contribution is 2.21. The first kappa shape index (κ1) is 25.2. The Labute approximate surface area is 155 Å². The van der Waals surface area contributed by atoms with Crippen LogP contribution >= 0.6 is 0 Å². The van der Waals surface area contributed by atoms with Crippen molar-refractivity contribution in [2.24, 2.45) is 0 Å². The molecule has 0 aliphatic carbocycles. The summed E-state index contributed by atoms with van der Waals surface area (Å²) in [6, 6.07) is 5.24. The molecule has 0 aromatic carbocycles. The lowest BCUT2D eigenvalue weighted by Crippen LogP contribution is -2.33. The standard InChI is InChI=1S/C17H40O6Si2/c1-24(12-4-18,13-5-19)16-10-22-8-3-9-23-11-17-25(2,14-6-20)15-7-21/h18-21H,3-17H2,1-2H3.